The highest BCUT2D eigenvalue weighted by molar-refractivity contribution is 7.99. The molecule has 4 rings (SSSR count). The summed E-state index contributed by atoms with van der Waals surface area (Å²) >= 11 is 8.11. The van der Waals surface area contributed by atoms with Gasteiger partial charge in [0.15, 0.2) is 0 Å². The van der Waals surface area contributed by atoms with Crippen molar-refractivity contribution < 1.29 is 0 Å². The van der Waals surface area contributed by atoms with Crippen LogP contribution in [0, 0.1) is 0 Å². The lowest BCUT2D eigenvalue weighted by Crippen LogP contribution is -2.10. The van der Waals surface area contributed by atoms with Crippen molar-refractivity contribution in [3.63, 3.8) is 0 Å². The van der Waals surface area contributed by atoms with E-state index >= 15 is 0 Å². The van der Waals surface area contributed by atoms with Crippen LogP contribution in [0.4, 0.5) is 0 Å². The minimum atomic E-state index is 0.0992. The SMILES string of the molecule is CC(C)n1c(C(Sc2ccccc2)c2ccccc2)nc2ccc(Cl)cc21. The summed E-state index contributed by atoms with van der Waals surface area (Å²) in [7, 11) is 0. The minimum absolute atomic E-state index is 0.0992. The molecule has 0 N–H and O–H groups in total. The van der Waals surface area contributed by atoms with Crippen LogP contribution in [0.25, 0.3) is 11.0 Å². The number of imidazole rings is 1. The van der Waals surface area contributed by atoms with E-state index in [1.807, 2.05) is 36.0 Å². The Labute approximate surface area is 169 Å². The van der Waals surface area contributed by atoms with E-state index in [-0.39, 0.29) is 11.3 Å². The van der Waals surface area contributed by atoms with Gasteiger partial charge in [-0.2, -0.15) is 0 Å². The Morgan fingerprint density at radius 3 is 2.22 bits per heavy atom. The highest BCUT2D eigenvalue weighted by atomic mass is 35.5. The summed E-state index contributed by atoms with van der Waals surface area (Å²) in [5, 5.41) is 0.838. The Morgan fingerprint density at radius 2 is 1.56 bits per heavy atom. The fraction of sp³-hybridized carbons (Fsp3) is 0.174. The number of hydrogen-bond acceptors (Lipinski definition) is 2. The monoisotopic (exact) mass is 392 g/mol. The average Bonchev–Trinajstić information content (AvgIpc) is 3.06. The third kappa shape index (κ3) is 3.76. The highest BCUT2D eigenvalue weighted by Gasteiger charge is 2.24. The van der Waals surface area contributed by atoms with Gasteiger partial charge in [0.05, 0.1) is 16.3 Å². The molecule has 2 nitrogen and oxygen atoms in total. The van der Waals surface area contributed by atoms with Gasteiger partial charge in [0.2, 0.25) is 0 Å². The zero-order valence-corrected chi connectivity index (χ0v) is 16.9. The number of aromatic nitrogens is 2. The Balaban J connectivity index is 1.90. The summed E-state index contributed by atoms with van der Waals surface area (Å²) < 4.78 is 2.31. The zero-order chi connectivity index (χ0) is 18.8. The maximum Gasteiger partial charge on any atom is 0.128 e. The molecule has 0 saturated carbocycles. The molecule has 0 saturated heterocycles. The van der Waals surface area contributed by atoms with Crippen molar-refractivity contribution in [3.8, 4) is 0 Å². The van der Waals surface area contributed by atoms with Crippen LogP contribution in [0.2, 0.25) is 5.02 Å². The molecular weight excluding hydrogens is 372 g/mol. The molecular formula is C23H21ClN2S. The molecule has 4 aromatic rings. The van der Waals surface area contributed by atoms with E-state index in [2.05, 4.69) is 73.0 Å². The first-order chi connectivity index (χ1) is 13.1. The Kier molecular flexibility index (Phi) is 5.24. The smallest absolute Gasteiger partial charge is 0.128 e. The molecule has 1 heterocycles. The van der Waals surface area contributed by atoms with Gasteiger partial charge in [-0.25, -0.2) is 4.98 Å². The van der Waals surface area contributed by atoms with Crippen molar-refractivity contribution in [1.82, 2.24) is 9.55 Å². The summed E-state index contributed by atoms with van der Waals surface area (Å²) in [6.45, 7) is 4.39. The first-order valence-electron chi connectivity index (χ1n) is 9.07. The molecule has 1 aromatic heterocycles. The highest BCUT2D eigenvalue weighted by Crippen LogP contribution is 2.42. The minimum Gasteiger partial charge on any atom is -0.324 e. The van der Waals surface area contributed by atoms with E-state index in [9.17, 15) is 0 Å². The summed E-state index contributed by atoms with van der Waals surface area (Å²) in [4.78, 5) is 6.26. The molecule has 3 aromatic carbocycles. The molecule has 0 fully saturated rings. The molecule has 27 heavy (non-hydrogen) atoms. The molecule has 0 aliphatic carbocycles. The van der Waals surface area contributed by atoms with E-state index in [4.69, 9.17) is 16.6 Å². The van der Waals surface area contributed by atoms with Gasteiger partial charge >= 0.3 is 0 Å². The predicted octanol–water partition coefficient (Wildman–Crippen LogP) is 7.15. The molecule has 136 valence electrons. The van der Waals surface area contributed by atoms with Crippen LogP contribution in [-0.4, -0.2) is 9.55 Å². The summed E-state index contributed by atoms with van der Waals surface area (Å²) in [6, 6.07) is 27.3. The van der Waals surface area contributed by atoms with Crippen molar-refractivity contribution in [3.05, 3.63) is 95.3 Å². The number of rotatable bonds is 5. The topological polar surface area (TPSA) is 17.8 Å². The number of nitrogens with zero attached hydrogens (tertiary/aromatic N) is 2. The van der Waals surface area contributed by atoms with Gasteiger partial charge in [0.25, 0.3) is 0 Å². The number of benzene rings is 3. The van der Waals surface area contributed by atoms with Crippen LogP contribution in [0.5, 0.6) is 0 Å². The van der Waals surface area contributed by atoms with Crippen molar-refractivity contribution >= 4 is 34.4 Å². The van der Waals surface area contributed by atoms with E-state index < -0.39 is 0 Å². The maximum absolute atomic E-state index is 6.28. The van der Waals surface area contributed by atoms with Gasteiger partial charge < -0.3 is 4.57 Å². The van der Waals surface area contributed by atoms with Gasteiger partial charge in [0, 0.05) is 16.0 Å². The van der Waals surface area contributed by atoms with Crippen LogP contribution < -0.4 is 0 Å². The molecule has 0 amide bonds. The molecule has 0 aliphatic heterocycles. The predicted molar refractivity (Wildman–Crippen MR) is 116 cm³/mol. The second-order valence-corrected chi connectivity index (χ2v) is 8.40. The summed E-state index contributed by atoms with van der Waals surface area (Å²) in [5.41, 5.74) is 3.31. The van der Waals surface area contributed by atoms with Crippen LogP contribution in [0.1, 0.15) is 36.5 Å². The molecule has 0 radical (unpaired) electrons. The van der Waals surface area contributed by atoms with E-state index in [0.29, 0.717) is 0 Å². The normalized spacial score (nSPS) is 12.6. The maximum atomic E-state index is 6.28. The third-order valence-corrected chi connectivity index (χ3v) is 6.03. The van der Waals surface area contributed by atoms with Gasteiger partial charge in [-0.15, -0.1) is 11.8 Å². The van der Waals surface area contributed by atoms with Crippen LogP contribution in [0.3, 0.4) is 0 Å². The van der Waals surface area contributed by atoms with Crippen molar-refractivity contribution in [1.29, 1.82) is 0 Å². The lowest BCUT2D eigenvalue weighted by molar-refractivity contribution is 0.589. The fourth-order valence-corrected chi connectivity index (χ4v) is 4.66. The first-order valence-corrected chi connectivity index (χ1v) is 10.3. The van der Waals surface area contributed by atoms with E-state index in [1.54, 1.807) is 0 Å². The van der Waals surface area contributed by atoms with Crippen molar-refractivity contribution in [2.75, 3.05) is 0 Å². The van der Waals surface area contributed by atoms with Crippen LogP contribution in [-0.2, 0) is 0 Å². The first kappa shape index (κ1) is 18.1. The number of hydrogen-bond donors (Lipinski definition) is 0. The number of halogens is 1. The number of fused-ring (bicyclic) bond motifs is 1. The second kappa shape index (κ2) is 7.79. The summed E-state index contributed by atoms with van der Waals surface area (Å²) in [5.74, 6) is 1.06. The van der Waals surface area contributed by atoms with E-state index in [0.717, 1.165) is 21.9 Å². The average molecular weight is 393 g/mol. The molecule has 0 bridgehead atoms. The molecule has 4 heteroatoms. The van der Waals surface area contributed by atoms with Crippen molar-refractivity contribution in [2.45, 2.75) is 30.0 Å². The standard InChI is InChI=1S/C23H21ClN2S/c1-16(2)26-21-15-18(24)13-14-20(21)25-23(26)22(17-9-5-3-6-10-17)27-19-11-7-4-8-12-19/h3-16,22H,1-2H3. The molecule has 0 spiro atoms. The summed E-state index contributed by atoms with van der Waals surface area (Å²) in [6.07, 6.45) is 0. The van der Waals surface area contributed by atoms with Gasteiger partial charge in [-0.3, -0.25) is 0 Å². The van der Waals surface area contributed by atoms with Crippen LogP contribution >= 0.6 is 23.4 Å². The molecule has 0 aliphatic rings. The lowest BCUT2D eigenvalue weighted by atomic mass is 10.1. The Bertz CT molecular complexity index is 1040. The Morgan fingerprint density at radius 1 is 0.889 bits per heavy atom. The quantitative estimate of drug-likeness (QED) is 0.335. The van der Waals surface area contributed by atoms with Crippen LogP contribution in [0.15, 0.2) is 83.8 Å². The third-order valence-electron chi connectivity index (χ3n) is 4.53. The second-order valence-electron chi connectivity index (χ2n) is 6.79. The Hall–Kier alpha value is -2.23. The van der Waals surface area contributed by atoms with Gasteiger partial charge in [-0.1, -0.05) is 60.1 Å². The van der Waals surface area contributed by atoms with Gasteiger partial charge in [-0.05, 0) is 49.7 Å². The largest absolute Gasteiger partial charge is 0.324 e. The molecule has 1 unspecified atom stereocenters. The van der Waals surface area contributed by atoms with Gasteiger partial charge in [0.1, 0.15) is 5.82 Å². The molecule has 1 atom stereocenters. The lowest BCUT2D eigenvalue weighted by Gasteiger charge is -2.21. The fourth-order valence-electron chi connectivity index (χ4n) is 3.35. The van der Waals surface area contributed by atoms with E-state index in [1.165, 1.54) is 10.5 Å². The number of thioether (sulfide) groups is 1. The zero-order valence-electron chi connectivity index (χ0n) is 15.3. The van der Waals surface area contributed by atoms with Crippen molar-refractivity contribution in [2.24, 2.45) is 0 Å².